The van der Waals surface area contributed by atoms with Gasteiger partial charge in [-0.3, -0.25) is 19.2 Å². The molecular formula is C19H17N5O4S2. The van der Waals surface area contributed by atoms with E-state index in [1.54, 1.807) is 59.4 Å². The molecule has 0 saturated carbocycles. The highest BCUT2D eigenvalue weighted by Gasteiger charge is 2.35. The van der Waals surface area contributed by atoms with Gasteiger partial charge in [0, 0.05) is 24.2 Å². The first-order valence-electron chi connectivity index (χ1n) is 8.92. The van der Waals surface area contributed by atoms with E-state index in [-0.39, 0.29) is 6.54 Å². The molecule has 1 aromatic heterocycles. The maximum absolute atomic E-state index is 12.4. The summed E-state index contributed by atoms with van der Waals surface area (Å²) >= 11 is 1.40. The van der Waals surface area contributed by atoms with Crippen LogP contribution in [0.1, 0.15) is 20.7 Å². The number of rotatable bonds is 7. The fraction of sp³-hybridized carbons (Fsp3) is 0.158. The monoisotopic (exact) mass is 443 g/mol. The van der Waals surface area contributed by atoms with Gasteiger partial charge in [0.25, 0.3) is 11.8 Å². The van der Waals surface area contributed by atoms with E-state index in [0.29, 0.717) is 22.0 Å². The summed E-state index contributed by atoms with van der Waals surface area (Å²) in [6.07, 6.45) is 1.60. The lowest BCUT2D eigenvalue weighted by Crippen LogP contribution is -2.35. The van der Waals surface area contributed by atoms with Crippen LogP contribution in [0.5, 0.6) is 0 Å². The number of hydrogen-bond acceptors (Lipinski definition) is 7. The maximum atomic E-state index is 12.4. The number of sulfonamides is 1. The first-order valence-corrected chi connectivity index (χ1v) is 11.4. The topological polar surface area (TPSA) is 114 Å². The molecule has 2 heterocycles. The molecule has 30 heavy (non-hydrogen) atoms. The quantitative estimate of drug-likeness (QED) is 0.556. The van der Waals surface area contributed by atoms with E-state index in [4.69, 9.17) is 0 Å². The van der Waals surface area contributed by atoms with Crippen molar-refractivity contribution in [2.24, 2.45) is 7.05 Å². The average Bonchev–Trinajstić information content (AvgIpc) is 3.23. The second-order valence-electron chi connectivity index (χ2n) is 6.58. The molecule has 0 fully saturated rings. The van der Waals surface area contributed by atoms with Gasteiger partial charge in [0.1, 0.15) is 6.33 Å². The van der Waals surface area contributed by atoms with E-state index < -0.39 is 27.6 Å². The second kappa shape index (κ2) is 7.92. The van der Waals surface area contributed by atoms with Crippen molar-refractivity contribution >= 4 is 39.3 Å². The van der Waals surface area contributed by atoms with E-state index >= 15 is 0 Å². The summed E-state index contributed by atoms with van der Waals surface area (Å²) in [5.74, 6) is -1.35. The zero-order valence-corrected chi connectivity index (χ0v) is 17.5. The highest BCUT2D eigenvalue weighted by atomic mass is 32.2. The number of carbonyl (C=O) groups excluding carboxylic acids is 2. The van der Waals surface area contributed by atoms with Crippen molar-refractivity contribution in [2.45, 2.75) is 10.1 Å². The largest absolute Gasteiger partial charge is 0.311 e. The van der Waals surface area contributed by atoms with Gasteiger partial charge in [0.2, 0.25) is 10.0 Å². The number of hydrogen-bond donors (Lipinski definition) is 1. The molecule has 0 saturated heterocycles. The van der Waals surface area contributed by atoms with E-state index in [0.717, 1.165) is 9.80 Å². The van der Waals surface area contributed by atoms with Gasteiger partial charge in [-0.25, -0.2) is 8.42 Å². The molecule has 9 nitrogen and oxygen atoms in total. The lowest BCUT2D eigenvalue weighted by Gasteiger charge is -2.14. The number of amides is 2. The Hall–Kier alpha value is -3.18. The number of imide groups is 1. The minimum Gasteiger partial charge on any atom is -0.311 e. The van der Waals surface area contributed by atoms with Crippen molar-refractivity contribution in [1.82, 2.24) is 19.7 Å². The van der Waals surface area contributed by atoms with Gasteiger partial charge in [-0.15, -0.1) is 10.2 Å². The zero-order valence-electron chi connectivity index (χ0n) is 15.8. The Morgan fingerprint density at radius 3 is 2.20 bits per heavy atom. The molecule has 11 heteroatoms. The van der Waals surface area contributed by atoms with Crippen molar-refractivity contribution in [3.05, 3.63) is 66.0 Å². The lowest BCUT2D eigenvalue weighted by molar-refractivity contribution is 0.0664. The van der Waals surface area contributed by atoms with Crippen molar-refractivity contribution in [3.63, 3.8) is 0 Å². The predicted octanol–water partition coefficient (Wildman–Crippen LogP) is 2.00. The van der Waals surface area contributed by atoms with Crippen LogP contribution in [0.15, 0.2) is 64.9 Å². The zero-order chi connectivity index (χ0) is 21.3. The smallest absolute Gasteiger partial charge is 0.261 e. The molecule has 0 spiro atoms. The third-order valence-electron chi connectivity index (χ3n) is 4.47. The Balaban J connectivity index is 1.37. The third kappa shape index (κ3) is 4.07. The number of anilines is 1. The number of carbonyl (C=O) groups is 2. The minimum absolute atomic E-state index is 0.220. The number of aryl methyl sites for hydroxylation is 1. The van der Waals surface area contributed by atoms with E-state index in [9.17, 15) is 18.0 Å². The molecule has 1 N–H and O–H groups in total. The fourth-order valence-electron chi connectivity index (χ4n) is 2.95. The van der Waals surface area contributed by atoms with Gasteiger partial charge in [0.05, 0.1) is 16.9 Å². The molecule has 154 valence electrons. The standard InChI is InChI=1S/C19H17N5O4S2/c1-23-12-20-21-19(23)29-14-8-6-13(7-9-14)22-30(27,28)11-10-24-17(25)15-4-2-3-5-16(15)18(24)26/h2-9,12,22H,10-11H2,1H3. The van der Waals surface area contributed by atoms with Gasteiger partial charge in [0.15, 0.2) is 5.16 Å². The van der Waals surface area contributed by atoms with Crippen LogP contribution in [-0.4, -0.2) is 52.2 Å². The number of fused-ring (bicyclic) bond motifs is 1. The van der Waals surface area contributed by atoms with E-state index in [2.05, 4.69) is 14.9 Å². The van der Waals surface area contributed by atoms with Crippen LogP contribution in [0.3, 0.4) is 0 Å². The van der Waals surface area contributed by atoms with Crippen molar-refractivity contribution in [1.29, 1.82) is 0 Å². The molecule has 2 aromatic carbocycles. The van der Waals surface area contributed by atoms with Gasteiger partial charge < -0.3 is 4.57 Å². The summed E-state index contributed by atoms with van der Waals surface area (Å²) in [5, 5.41) is 8.51. The molecule has 3 aromatic rings. The minimum atomic E-state index is -3.76. The predicted molar refractivity (Wildman–Crippen MR) is 111 cm³/mol. The molecular weight excluding hydrogens is 426 g/mol. The van der Waals surface area contributed by atoms with Gasteiger partial charge in [-0.05, 0) is 48.2 Å². The number of benzene rings is 2. The van der Waals surface area contributed by atoms with Crippen LogP contribution in [0.25, 0.3) is 0 Å². The summed E-state index contributed by atoms with van der Waals surface area (Å²) in [4.78, 5) is 26.5. The fourth-order valence-corrected chi connectivity index (χ4v) is 4.73. The van der Waals surface area contributed by atoms with Gasteiger partial charge >= 0.3 is 0 Å². The Morgan fingerprint density at radius 1 is 1.00 bits per heavy atom. The van der Waals surface area contributed by atoms with Gasteiger partial charge in [-0.2, -0.15) is 0 Å². The summed E-state index contributed by atoms with van der Waals surface area (Å²) in [7, 11) is -1.92. The second-order valence-corrected chi connectivity index (χ2v) is 9.46. The summed E-state index contributed by atoms with van der Waals surface area (Å²) in [5.41, 5.74) is 0.979. The van der Waals surface area contributed by atoms with Crippen LogP contribution in [-0.2, 0) is 17.1 Å². The van der Waals surface area contributed by atoms with E-state index in [1.807, 2.05) is 7.05 Å². The van der Waals surface area contributed by atoms with Crippen LogP contribution in [0, 0.1) is 0 Å². The van der Waals surface area contributed by atoms with Crippen LogP contribution in [0.2, 0.25) is 0 Å². The van der Waals surface area contributed by atoms with E-state index in [1.165, 1.54) is 11.8 Å². The molecule has 0 atom stereocenters. The summed E-state index contributed by atoms with van der Waals surface area (Å²) in [6.45, 7) is -0.220. The Kier molecular flexibility index (Phi) is 5.31. The third-order valence-corrected chi connectivity index (χ3v) is 6.80. The molecule has 4 rings (SSSR count). The van der Waals surface area contributed by atoms with Gasteiger partial charge in [-0.1, -0.05) is 12.1 Å². The molecule has 1 aliphatic rings. The Labute approximate surface area is 177 Å². The first kappa shape index (κ1) is 20.1. The molecule has 0 unspecified atom stereocenters. The molecule has 2 amide bonds. The number of aromatic nitrogens is 3. The molecule has 1 aliphatic heterocycles. The molecule has 0 bridgehead atoms. The highest BCUT2D eigenvalue weighted by Crippen LogP contribution is 2.27. The maximum Gasteiger partial charge on any atom is 0.261 e. The number of nitrogens with zero attached hydrogens (tertiary/aromatic N) is 4. The molecule has 0 aliphatic carbocycles. The lowest BCUT2D eigenvalue weighted by atomic mass is 10.1. The molecule has 0 radical (unpaired) electrons. The van der Waals surface area contributed by atoms with Crippen molar-refractivity contribution in [2.75, 3.05) is 17.0 Å². The summed E-state index contributed by atoms with van der Waals surface area (Å²) < 4.78 is 29.1. The highest BCUT2D eigenvalue weighted by molar-refractivity contribution is 7.99. The average molecular weight is 444 g/mol. The Bertz CT molecular complexity index is 1190. The number of nitrogens with one attached hydrogen (secondary N) is 1. The normalized spacial score (nSPS) is 13.6. The van der Waals surface area contributed by atoms with Crippen molar-refractivity contribution < 1.29 is 18.0 Å². The summed E-state index contributed by atoms with van der Waals surface area (Å²) in [6, 6.07) is 13.3. The van der Waals surface area contributed by atoms with Crippen LogP contribution < -0.4 is 4.72 Å². The first-order chi connectivity index (χ1) is 14.3. The van der Waals surface area contributed by atoms with Crippen LogP contribution in [0.4, 0.5) is 5.69 Å². The van der Waals surface area contributed by atoms with Crippen LogP contribution >= 0.6 is 11.8 Å². The SMILES string of the molecule is Cn1cnnc1Sc1ccc(NS(=O)(=O)CCN2C(=O)c3ccccc3C2=O)cc1. The Morgan fingerprint density at radius 2 is 1.63 bits per heavy atom. The van der Waals surface area contributed by atoms with Crippen molar-refractivity contribution in [3.8, 4) is 0 Å².